The predicted octanol–water partition coefficient (Wildman–Crippen LogP) is 1.09. The van der Waals surface area contributed by atoms with Crippen LogP contribution in [0.3, 0.4) is 0 Å². The van der Waals surface area contributed by atoms with Crippen LogP contribution in [0.2, 0.25) is 0 Å². The quantitative estimate of drug-likeness (QED) is 0.477. The molecule has 156 valence electrons. The van der Waals surface area contributed by atoms with Crippen LogP contribution in [0.1, 0.15) is 5.56 Å². The molecule has 0 spiro atoms. The summed E-state index contributed by atoms with van der Waals surface area (Å²) >= 11 is 6.69. The van der Waals surface area contributed by atoms with E-state index in [1.807, 2.05) is 0 Å². The normalized spacial score (nSPS) is 19.1. The van der Waals surface area contributed by atoms with Gasteiger partial charge in [0.25, 0.3) is 11.8 Å². The van der Waals surface area contributed by atoms with Crippen molar-refractivity contribution in [2.24, 2.45) is 5.73 Å². The van der Waals surface area contributed by atoms with Gasteiger partial charge in [-0.25, -0.2) is 0 Å². The molecule has 2 fully saturated rings. The summed E-state index contributed by atoms with van der Waals surface area (Å²) in [5, 5.41) is 0. The van der Waals surface area contributed by atoms with E-state index >= 15 is 0 Å². The number of primary amides is 1. The fourth-order valence-corrected chi connectivity index (χ4v) is 4.26. The number of hydrogen-bond acceptors (Lipinski definition) is 8. The monoisotopic (exact) mass is 437 g/mol. The average Bonchev–Trinajstić information content (AvgIpc) is 2.98. The van der Waals surface area contributed by atoms with E-state index in [1.165, 1.54) is 18.9 Å². The summed E-state index contributed by atoms with van der Waals surface area (Å²) in [5.41, 5.74) is 5.87. The number of thioether (sulfide) groups is 1. The molecule has 2 N–H and O–H groups in total. The second-order valence-electron chi connectivity index (χ2n) is 6.45. The first-order chi connectivity index (χ1) is 14.0. The van der Waals surface area contributed by atoms with Gasteiger partial charge < -0.3 is 19.9 Å². The van der Waals surface area contributed by atoms with Crippen LogP contribution in [-0.2, 0) is 14.3 Å². The Bertz CT molecular complexity index is 824. The van der Waals surface area contributed by atoms with Gasteiger partial charge in [-0.2, -0.15) is 0 Å². The third-order valence-corrected chi connectivity index (χ3v) is 5.85. The van der Waals surface area contributed by atoms with E-state index in [2.05, 4.69) is 4.90 Å². The molecule has 0 aromatic heterocycles. The molecule has 0 bridgehead atoms. The van der Waals surface area contributed by atoms with E-state index in [-0.39, 0.29) is 12.5 Å². The van der Waals surface area contributed by atoms with Crippen LogP contribution in [0.25, 0.3) is 6.08 Å². The number of thiocarbonyl (C=S) groups is 1. The highest BCUT2D eigenvalue weighted by molar-refractivity contribution is 8.26. The Kier molecular flexibility index (Phi) is 7.48. The van der Waals surface area contributed by atoms with E-state index in [1.54, 1.807) is 29.2 Å². The van der Waals surface area contributed by atoms with Crippen molar-refractivity contribution < 1.29 is 23.8 Å². The van der Waals surface area contributed by atoms with Gasteiger partial charge in [0.05, 0.1) is 25.2 Å². The van der Waals surface area contributed by atoms with Crippen molar-refractivity contribution in [1.29, 1.82) is 0 Å². The highest BCUT2D eigenvalue weighted by Crippen LogP contribution is 2.34. The average molecular weight is 438 g/mol. The summed E-state index contributed by atoms with van der Waals surface area (Å²) in [6, 6.07) is 5.18. The first-order valence-electron chi connectivity index (χ1n) is 9.12. The molecule has 0 unspecified atom stereocenters. The molecule has 0 saturated carbocycles. The zero-order valence-corrected chi connectivity index (χ0v) is 17.7. The number of benzene rings is 1. The highest BCUT2D eigenvalue weighted by atomic mass is 32.2. The molecule has 2 heterocycles. The van der Waals surface area contributed by atoms with Crippen molar-refractivity contribution in [2.45, 2.75) is 0 Å². The first kappa shape index (κ1) is 21.6. The van der Waals surface area contributed by atoms with Crippen molar-refractivity contribution in [1.82, 2.24) is 9.80 Å². The predicted molar refractivity (Wildman–Crippen MR) is 115 cm³/mol. The minimum atomic E-state index is -0.572. The van der Waals surface area contributed by atoms with Gasteiger partial charge in [0.15, 0.2) is 18.1 Å². The molecule has 3 rings (SSSR count). The van der Waals surface area contributed by atoms with Crippen molar-refractivity contribution in [3.8, 4) is 11.5 Å². The summed E-state index contributed by atoms with van der Waals surface area (Å²) in [6.45, 7) is 4.27. The maximum atomic E-state index is 12.8. The number of rotatable bonds is 8. The van der Waals surface area contributed by atoms with E-state index in [9.17, 15) is 9.59 Å². The highest BCUT2D eigenvalue weighted by Gasteiger charge is 2.32. The SMILES string of the molecule is COc1cc(/C=C2\SC(=S)N(CCN3CCOCC3)C2=O)ccc1OCC(N)=O. The summed E-state index contributed by atoms with van der Waals surface area (Å²) in [4.78, 5) is 28.2. The van der Waals surface area contributed by atoms with Crippen LogP contribution >= 0.6 is 24.0 Å². The molecule has 1 aromatic carbocycles. The van der Waals surface area contributed by atoms with Gasteiger partial charge in [-0.1, -0.05) is 30.0 Å². The Labute approximate surface area is 178 Å². The lowest BCUT2D eigenvalue weighted by Crippen LogP contribution is -2.42. The van der Waals surface area contributed by atoms with Crippen molar-refractivity contribution >= 4 is 46.2 Å². The number of morpholine rings is 1. The molecule has 10 heteroatoms. The van der Waals surface area contributed by atoms with Gasteiger partial charge in [0, 0.05) is 26.2 Å². The topological polar surface area (TPSA) is 94.3 Å². The second-order valence-corrected chi connectivity index (χ2v) is 8.13. The number of nitrogens with zero attached hydrogens (tertiary/aromatic N) is 2. The summed E-state index contributed by atoms with van der Waals surface area (Å²) in [6.07, 6.45) is 1.77. The van der Waals surface area contributed by atoms with Crippen LogP contribution in [0.4, 0.5) is 0 Å². The zero-order chi connectivity index (χ0) is 20.8. The molecule has 2 amide bonds. The Morgan fingerprint density at radius 3 is 2.76 bits per heavy atom. The Balaban J connectivity index is 1.67. The molecule has 1 aromatic rings. The van der Waals surface area contributed by atoms with Gasteiger partial charge in [-0.05, 0) is 23.8 Å². The number of carbonyl (C=O) groups is 2. The molecular formula is C19H23N3O5S2. The number of methoxy groups -OCH3 is 1. The van der Waals surface area contributed by atoms with Crippen LogP contribution in [0.5, 0.6) is 11.5 Å². The van der Waals surface area contributed by atoms with E-state index < -0.39 is 5.91 Å². The standard InChI is InChI=1S/C19H23N3O5S2/c1-25-15-10-13(2-3-14(15)27-12-17(20)23)11-16-18(24)22(19(28)29-16)5-4-21-6-8-26-9-7-21/h2-3,10-11H,4-9,12H2,1H3,(H2,20,23)/b16-11-. The van der Waals surface area contributed by atoms with E-state index in [0.29, 0.717) is 27.3 Å². The molecule has 2 aliphatic heterocycles. The van der Waals surface area contributed by atoms with Crippen LogP contribution in [-0.4, -0.2) is 79.0 Å². The van der Waals surface area contributed by atoms with E-state index in [0.717, 1.165) is 38.4 Å². The lowest BCUT2D eigenvalue weighted by atomic mass is 10.2. The number of carbonyl (C=O) groups excluding carboxylic acids is 2. The molecule has 2 saturated heterocycles. The lowest BCUT2D eigenvalue weighted by molar-refractivity contribution is -0.122. The van der Waals surface area contributed by atoms with Gasteiger partial charge in [-0.15, -0.1) is 0 Å². The molecule has 8 nitrogen and oxygen atoms in total. The number of hydrogen-bond donors (Lipinski definition) is 1. The smallest absolute Gasteiger partial charge is 0.266 e. The molecule has 0 radical (unpaired) electrons. The summed E-state index contributed by atoms with van der Waals surface area (Å²) in [5.74, 6) is 0.183. The van der Waals surface area contributed by atoms with Crippen molar-refractivity contribution in [2.75, 3.05) is 53.1 Å². The van der Waals surface area contributed by atoms with Gasteiger partial charge >= 0.3 is 0 Å². The van der Waals surface area contributed by atoms with Gasteiger partial charge in [0.1, 0.15) is 4.32 Å². The second kappa shape index (κ2) is 10.1. The number of nitrogens with two attached hydrogens (primary N) is 1. The largest absolute Gasteiger partial charge is 0.493 e. The third kappa shape index (κ3) is 5.69. The Morgan fingerprint density at radius 1 is 1.31 bits per heavy atom. The third-order valence-electron chi connectivity index (χ3n) is 4.47. The van der Waals surface area contributed by atoms with Crippen molar-refractivity contribution in [3.63, 3.8) is 0 Å². The first-order valence-corrected chi connectivity index (χ1v) is 10.3. The fourth-order valence-electron chi connectivity index (χ4n) is 2.95. The maximum Gasteiger partial charge on any atom is 0.266 e. The van der Waals surface area contributed by atoms with Crippen LogP contribution in [0, 0.1) is 0 Å². The molecule has 29 heavy (non-hydrogen) atoms. The fraction of sp³-hybridized carbons (Fsp3) is 0.421. The van der Waals surface area contributed by atoms with Crippen molar-refractivity contribution in [3.05, 3.63) is 28.7 Å². The minimum Gasteiger partial charge on any atom is -0.493 e. The Morgan fingerprint density at radius 2 is 2.07 bits per heavy atom. The maximum absolute atomic E-state index is 12.8. The number of ether oxygens (including phenoxy) is 3. The zero-order valence-electron chi connectivity index (χ0n) is 16.1. The molecular weight excluding hydrogens is 414 g/mol. The number of amides is 2. The Hall–Kier alpha value is -2.14. The molecule has 0 atom stereocenters. The minimum absolute atomic E-state index is 0.0960. The summed E-state index contributed by atoms with van der Waals surface area (Å²) in [7, 11) is 1.50. The van der Waals surface area contributed by atoms with Gasteiger partial charge in [-0.3, -0.25) is 19.4 Å². The summed E-state index contributed by atoms with van der Waals surface area (Å²) < 4.78 is 16.5. The molecule has 2 aliphatic rings. The lowest BCUT2D eigenvalue weighted by Gasteiger charge is -2.28. The van der Waals surface area contributed by atoms with Gasteiger partial charge in [0.2, 0.25) is 0 Å². The van der Waals surface area contributed by atoms with Crippen LogP contribution < -0.4 is 15.2 Å². The molecule has 0 aliphatic carbocycles. The van der Waals surface area contributed by atoms with Crippen LogP contribution in [0.15, 0.2) is 23.1 Å². The van der Waals surface area contributed by atoms with E-state index in [4.69, 9.17) is 32.2 Å².